The van der Waals surface area contributed by atoms with Crippen LogP contribution in [0, 0.1) is 27.7 Å². The van der Waals surface area contributed by atoms with Crippen molar-refractivity contribution >= 4 is 32.7 Å². The first kappa shape index (κ1) is 23.6. The maximum Gasteiger partial charge on any atom is 0.433 e. The van der Waals surface area contributed by atoms with Gasteiger partial charge in [0, 0.05) is 22.6 Å². The van der Waals surface area contributed by atoms with Gasteiger partial charge in [0.15, 0.2) is 0 Å². The third-order valence-electron chi connectivity index (χ3n) is 5.19. The molecule has 1 heterocycles. The van der Waals surface area contributed by atoms with Gasteiger partial charge in [0.1, 0.15) is 5.69 Å². The molecule has 1 aromatic heterocycles. The zero-order chi connectivity index (χ0) is 23.0. The topological polar surface area (TPSA) is 59.1 Å². The van der Waals surface area contributed by atoms with E-state index in [2.05, 4.69) is 9.71 Å². The van der Waals surface area contributed by atoms with Crippen LogP contribution in [0.3, 0.4) is 0 Å². The number of pyridine rings is 1. The van der Waals surface area contributed by atoms with E-state index in [9.17, 15) is 21.6 Å². The highest BCUT2D eigenvalue weighted by Crippen LogP contribution is 2.34. The van der Waals surface area contributed by atoms with Crippen molar-refractivity contribution in [2.75, 3.05) is 12.3 Å². The highest BCUT2D eigenvalue weighted by molar-refractivity contribution is 7.99. The molecule has 0 atom stereocenters. The number of nitrogens with zero attached hydrogens (tertiary/aromatic N) is 1. The van der Waals surface area contributed by atoms with E-state index in [1.54, 1.807) is 32.0 Å². The second-order valence-electron chi connectivity index (χ2n) is 7.36. The van der Waals surface area contributed by atoms with E-state index in [0.717, 1.165) is 29.0 Å². The van der Waals surface area contributed by atoms with Crippen LogP contribution in [0.25, 0.3) is 10.9 Å². The minimum absolute atomic E-state index is 0.0802. The second kappa shape index (κ2) is 8.80. The number of alkyl halides is 3. The van der Waals surface area contributed by atoms with E-state index in [4.69, 9.17) is 0 Å². The maximum atomic E-state index is 13.2. The Balaban J connectivity index is 1.79. The van der Waals surface area contributed by atoms with Gasteiger partial charge in [-0.25, -0.2) is 18.1 Å². The average molecular weight is 469 g/mol. The molecular weight excluding hydrogens is 445 g/mol. The van der Waals surface area contributed by atoms with Crippen LogP contribution >= 0.6 is 11.8 Å². The molecule has 3 rings (SSSR count). The summed E-state index contributed by atoms with van der Waals surface area (Å²) in [6, 6.07) is 9.56. The Morgan fingerprint density at radius 1 is 1.00 bits per heavy atom. The lowest BCUT2D eigenvalue weighted by atomic mass is 10.0. The number of thioether (sulfide) groups is 1. The molecule has 0 amide bonds. The number of nitrogens with one attached hydrogen (secondary N) is 1. The number of halogens is 3. The van der Waals surface area contributed by atoms with Gasteiger partial charge in [-0.1, -0.05) is 24.3 Å². The van der Waals surface area contributed by atoms with Gasteiger partial charge in [0.25, 0.3) is 0 Å². The van der Waals surface area contributed by atoms with E-state index in [-0.39, 0.29) is 22.7 Å². The van der Waals surface area contributed by atoms with Gasteiger partial charge in [-0.2, -0.15) is 13.2 Å². The monoisotopic (exact) mass is 468 g/mol. The number of aromatic nitrogens is 1. The predicted octanol–water partition coefficient (Wildman–Crippen LogP) is 5.56. The Morgan fingerprint density at radius 3 is 2.23 bits per heavy atom. The third kappa shape index (κ3) is 5.05. The van der Waals surface area contributed by atoms with Crippen molar-refractivity contribution in [1.29, 1.82) is 0 Å². The first-order chi connectivity index (χ1) is 14.4. The van der Waals surface area contributed by atoms with E-state index in [1.165, 1.54) is 6.07 Å². The number of benzene rings is 2. The molecular formula is C22H23F3N2O2S2. The van der Waals surface area contributed by atoms with E-state index < -0.39 is 21.9 Å². The molecule has 0 saturated heterocycles. The molecule has 4 nitrogen and oxygen atoms in total. The first-order valence-corrected chi connectivity index (χ1v) is 12.1. The van der Waals surface area contributed by atoms with E-state index in [0.29, 0.717) is 21.4 Å². The Bertz CT molecular complexity index is 1210. The molecule has 0 aliphatic rings. The van der Waals surface area contributed by atoms with Crippen molar-refractivity contribution in [1.82, 2.24) is 9.71 Å². The van der Waals surface area contributed by atoms with Crippen LogP contribution in [-0.2, 0) is 16.2 Å². The number of para-hydroxylation sites is 1. The lowest BCUT2D eigenvalue weighted by Gasteiger charge is -2.16. The van der Waals surface area contributed by atoms with Crippen LogP contribution in [0.15, 0.2) is 46.2 Å². The largest absolute Gasteiger partial charge is 0.433 e. The fourth-order valence-corrected chi connectivity index (χ4v) is 6.12. The molecule has 2 aromatic carbocycles. The number of fused-ring (bicyclic) bond motifs is 1. The summed E-state index contributed by atoms with van der Waals surface area (Å²) in [6.45, 7) is 7.35. The number of sulfonamides is 1. The van der Waals surface area contributed by atoms with E-state index in [1.807, 2.05) is 19.9 Å². The molecule has 3 aromatic rings. The molecule has 0 spiro atoms. The van der Waals surface area contributed by atoms with Crippen LogP contribution in [0.2, 0.25) is 0 Å². The molecule has 0 aliphatic carbocycles. The summed E-state index contributed by atoms with van der Waals surface area (Å²) in [4.78, 5) is 4.38. The van der Waals surface area contributed by atoms with Crippen LogP contribution in [-0.4, -0.2) is 25.7 Å². The maximum absolute atomic E-state index is 13.2. The van der Waals surface area contributed by atoms with Crippen LogP contribution in [0.5, 0.6) is 0 Å². The van der Waals surface area contributed by atoms with Crippen LogP contribution in [0.1, 0.15) is 27.9 Å². The van der Waals surface area contributed by atoms with Crippen molar-refractivity contribution in [3.8, 4) is 0 Å². The SMILES string of the molecule is Cc1cc(C)c(C)c(S(=O)(=O)NCCSc2cc(C(F)(F)F)nc3ccccc23)c1C. The van der Waals surface area contributed by atoms with Gasteiger partial charge in [-0.05, 0) is 62.1 Å². The summed E-state index contributed by atoms with van der Waals surface area (Å²) in [5.41, 5.74) is 2.45. The zero-order valence-electron chi connectivity index (χ0n) is 17.6. The Morgan fingerprint density at radius 2 is 1.61 bits per heavy atom. The predicted molar refractivity (Wildman–Crippen MR) is 118 cm³/mol. The average Bonchev–Trinajstić information content (AvgIpc) is 2.68. The molecule has 31 heavy (non-hydrogen) atoms. The van der Waals surface area contributed by atoms with Gasteiger partial charge in [0.2, 0.25) is 10.0 Å². The quantitative estimate of drug-likeness (QED) is 0.380. The number of rotatable bonds is 6. The Kier molecular flexibility index (Phi) is 6.69. The summed E-state index contributed by atoms with van der Waals surface area (Å²) < 4.78 is 68.0. The number of aryl methyl sites for hydroxylation is 2. The molecule has 0 radical (unpaired) electrons. The van der Waals surface area contributed by atoms with Gasteiger partial charge in [-0.3, -0.25) is 0 Å². The highest BCUT2D eigenvalue weighted by atomic mass is 32.2. The molecule has 9 heteroatoms. The van der Waals surface area contributed by atoms with Crippen molar-refractivity contribution in [2.24, 2.45) is 0 Å². The van der Waals surface area contributed by atoms with Gasteiger partial charge in [-0.15, -0.1) is 11.8 Å². The first-order valence-electron chi connectivity index (χ1n) is 9.58. The van der Waals surface area contributed by atoms with Crippen LogP contribution in [0.4, 0.5) is 13.2 Å². The minimum atomic E-state index is -4.56. The third-order valence-corrected chi connectivity index (χ3v) is 7.98. The molecule has 0 unspecified atom stereocenters. The van der Waals surface area contributed by atoms with Crippen LogP contribution < -0.4 is 4.72 Å². The zero-order valence-corrected chi connectivity index (χ0v) is 19.2. The van der Waals surface area contributed by atoms with Crippen molar-refractivity contribution in [3.05, 3.63) is 64.3 Å². The molecule has 166 valence electrons. The molecule has 0 bridgehead atoms. The fraction of sp³-hybridized carbons (Fsp3) is 0.318. The summed E-state index contributed by atoms with van der Waals surface area (Å²) in [6.07, 6.45) is -4.56. The standard InChI is InChI=1S/C22H23F3N2O2S2/c1-13-11-14(2)16(4)21(15(13)3)31(28,29)26-9-10-30-19-12-20(22(23,24)25)27-18-8-6-5-7-17(18)19/h5-8,11-12,26H,9-10H2,1-4H3. The molecule has 1 N–H and O–H groups in total. The van der Waals surface area contributed by atoms with E-state index >= 15 is 0 Å². The second-order valence-corrected chi connectivity index (χ2v) is 10.2. The summed E-state index contributed by atoms with van der Waals surface area (Å²) >= 11 is 1.16. The van der Waals surface area contributed by atoms with Gasteiger partial charge >= 0.3 is 6.18 Å². The fourth-order valence-electron chi connectivity index (χ4n) is 3.40. The molecule has 0 saturated carbocycles. The Labute approximate surface area is 184 Å². The van der Waals surface area contributed by atoms with Gasteiger partial charge < -0.3 is 0 Å². The lowest BCUT2D eigenvalue weighted by molar-refractivity contribution is -0.141. The number of hydrogen-bond donors (Lipinski definition) is 1. The smallest absolute Gasteiger partial charge is 0.243 e. The summed E-state index contributed by atoms with van der Waals surface area (Å²) in [5.74, 6) is 0.271. The molecule has 0 aliphatic heterocycles. The number of hydrogen-bond acceptors (Lipinski definition) is 4. The lowest BCUT2D eigenvalue weighted by Crippen LogP contribution is -2.28. The summed E-state index contributed by atoms with van der Waals surface area (Å²) in [5, 5.41) is 0.601. The normalized spacial score (nSPS) is 12.5. The summed E-state index contributed by atoms with van der Waals surface area (Å²) in [7, 11) is -3.75. The minimum Gasteiger partial charge on any atom is -0.243 e. The van der Waals surface area contributed by atoms with Crippen molar-refractivity contribution in [3.63, 3.8) is 0 Å². The highest BCUT2D eigenvalue weighted by Gasteiger charge is 2.33. The van der Waals surface area contributed by atoms with Crippen molar-refractivity contribution < 1.29 is 21.6 Å². The van der Waals surface area contributed by atoms with Crippen molar-refractivity contribution in [2.45, 2.75) is 43.7 Å². The molecule has 0 fully saturated rings. The Hall–Kier alpha value is -2.10. The van der Waals surface area contributed by atoms with Gasteiger partial charge in [0.05, 0.1) is 10.4 Å².